The molecular weight excluding hydrogens is 212 g/mol. The van der Waals surface area contributed by atoms with Gasteiger partial charge in [0, 0.05) is 37.3 Å². The molecule has 0 radical (unpaired) electrons. The predicted octanol–water partition coefficient (Wildman–Crippen LogP) is 1.91. The molecule has 1 aromatic heterocycles. The third kappa shape index (κ3) is 1.79. The Morgan fingerprint density at radius 2 is 1.76 bits per heavy atom. The van der Waals surface area contributed by atoms with Crippen LogP contribution in [0.5, 0.6) is 0 Å². The first kappa shape index (κ1) is 11.2. The van der Waals surface area contributed by atoms with Gasteiger partial charge in [0.25, 0.3) is 0 Å². The molecule has 2 atom stereocenters. The molecule has 1 saturated carbocycles. The van der Waals surface area contributed by atoms with Crippen LogP contribution in [0.4, 0.5) is 0 Å². The zero-order valence-corrected chi connectivity index (χ0v) is 11.2. The van der Waals surface area contributed by atoms with Gasteiger partial charge < -0.3 is 4.90 Å². The van der Waals surface area contributed by atoms with Crippen molar-refractivity contribution in [1.29, 1.82) is 0 Å². The van der Waals surface area contributed by atoms with E-state index in [-0.39, 0.29) is 0 Å². The second-order valence-corrected chi connectivity index (χ2v) is 6.12. The highest BCUT2D eigenvalue weighted by molar-refractivity contribution is 5.22. The first-order valence-electron chi connectivity index (χ1n) is 6.73. The van der Waals surface area contributed by atoms with E-state index in [1.807, 2.05) is 4.68 Å². The summed E-state index contributed by atoms with van der Waals surface area (Å²) in [4.78, 5) is 2.58. The summed E-state index contributed by atoms with van der Waals surface area (Å²) < 4.78 is 1.98. The van der Waals surface area contributed by atoms with Crippen LogP contribution in [0.15, 0.2) is 6.20 Å². The Bertz CT molecular complexity index is 397. The molecular formula is C13H22N4. The number of likely N-dealkylation sites (tertiary alicyclic amines) is 1. The zero-order chi connectivity index (χ0) is 12.2. The van der Waals surface area contributed by atoms with E-state index in [4.69, 9.17) is 0 Å². The van der Waals surface area contributed by atoms with E-state index in [1.54, 1.807) is 0 Å². The summed E-state index contributed by atoms with van der Waals surface area (Å²) in [6.07, 6.45) is 2.15. The molecule has 2 fully saturated rings. The van der Waals surface area contributed by atoms with Gasteiger partial charge in [-0.05, 0) is 39.5 Å². The molecule has 0 amide bonds. The molecule has 1 aliphatic heterocycles. The standard InChI is InChI=1S/C13H22N4/c1-8(2)16-5-10-11(6-16)13(10)12-7-17(9(3)4)15-14-12/h7-11,13H,5-6H2,1-4H3. The first-order valence-corrected chi connectivity index (χ1v) is 6.73. The molecule has 0 aromatic carbocycles. The van der Waals surface area contributed by atoms with Crippen molar-refractivity contribution >= 4 is 0 Å². The van der Waals surface area contributed by atoms with Crippen molar-refractivity contribution in [3.8, 4) is 0 Å². The Labute approximate surface area is 103 Å². The van der Waals surface area contributed by atoms with Gasteiger partial charge in [-0.15, -0.1) is 5.10 Å². The van der Waals surface area contributed by atoms with Crippen LogP contribution in [0.25, 0.3) is 0 Å². The van der Waals surface area contributed by atoms with Crippen molar-refractivity contribution in [1.82, 2.24) is 19.9 Å². The van der Waals surface area contributed by atoms with Crippen molar-refractivity contribution in [2.24, 2.45) is 11.8 Å². The lowest BCUT2D eigenvalue weighted by atomic mass is 10.2. The van der Waals surface area contributed by atoms with Crippen molar-refractivity contribution in [2.75, 3.05) is 13.1 Å². The summed E-state index contributed by atoms with van der Waals surface area (Å²) in [6, 6.07) is 1.11. The summed E-state index contributed by atoms with van der Waals surface area (Å²) in [6.45, 7) is 11.4. The first-order chi connectivity index (χ1) is 8.08. The number of hydrogen-bond acceptors (Lipinski definition) is 3. The molecule has 1 aromatic rings. The minimum Gasteiger partial charge on any atom is -0.300 e. The predicted molar refractivity (Wildman–Crippen MR) is 66.8 cm³/mol. The lowest BCUT2D eigenvalue weighted by molar-refractivity contribution is 0.242. The second-order valence-electron chi connectivity index (χ2n) is 6.12. The minimum atomic E-state index is 0.419. The van der Waals surface area contributed by atoms with Gasteiger partial charge in [0.2, 0.25) is 0 Å². The van der Waals surface area contributed by atoms with E-state index in [2.05, 4.69) is 49.1 Å². The fourth-order valence-corrected chi connectivity index (χ4v) is 3.11. The average molecular weight is 234 g/mol. The van der Waals surface area contributed by atoms with E-state index < -0.39 is 0 Å². The molecule has 94 valence electrons. The van der Waals surface area contributed by atoms with Crippen LogP contribution >= 0.6 is 0 Å². The number of nitrogens with zero attached hydrogens (tertiary/aromatic N) is 4. The fourth-order valence-electron chi connectivity index (χ4n) is 3.11. The number of rotatable bonds is 3. The van der Waals surface area contributed by atoms with Gasteiger partial charge in [0.15, 0.2) is 0 Å². The average Bonchev–Trinajstić information content (AvgIpc) is 2.75. The highest BCUT2D eigenvalue weighted by Gasteiger charge is 2.57. The van der Waals surface area contributed by atoms with Crippen molar-refractivity contribution in [3.63, 3.8) is 0 Å². The maximum absolute atomic E-state index is 4.35. The van der Waals surface area contributed by atoms with Gasteiger partial charge in [-0.2, -0.15) is 0 Å². The number of aromatic nitrogens is 3. The zero-order valence-electron chi connectivity index (χ0n) is 11.2. The Morgan fingerprint density at radius 3 is 2.24 bits per heavy atom. The lowest BCUT2D eigenvalue weighted by Gasteiger charge is -2.22. The molecule has 3 rings (SSSR count). The summed E-state index contributed by atoms with van der Waals surface area (Å²) in [5.41, 5.74) is 1.22. The van der Waals surface area contributed by atoms with Crippen LogP contribution < -0.4 is 0 Å². The topological polar surface area (TPSA) is 34.0 Å². The van der Waals surface area contributed by atoms with Gasteiger partial charge in [-0.3, -0.25) is 0 Å². The summed E-state index contributed by atoms with van der Waals surface area (Å²) in [5, 5.41) is 8.56. The van der Waals surface area contributed by atoms with E-state index in [0.717, 1.165) is 11.8 Å². The van der Waals surface area contributed by atoms with Crippen molar-refractivity contribution < 1.29 is 0 Å². The van der Waals surface area contributed by atoms with Crippen LogP contribution in [0.2, 0.25) is 0 Å². The van der Waals surface area contributed by atoms with Gasteiger partial charge in [-0.1, -0.05) is 5.21 Å². The largest absolute Gasteiger partial charge is 0.300 e. The van der Waals surface area contributed by atoms with E-state index in [9.17, 15) is 0 Å². The summed E-state index contributed by atoms with van der Waals surface area (Å²) >= 11 is 0. The number of piperidine rings is 1. The highest BCUT2D eigenvalue weighted by atomic mass is 15.4. The van der Waals surface area contributed by atoms with Crippen LogP contribution in [0.3, 0.4) is 0 Å². The van der Waals surface area contributed by atoms with Crippen molar-refractivity contribution in [3.05, 3.63) is 11.9 Å². The maximum Gasteiger partial charge on any atom is 0.0864 e. The van der Waals surface area contributed by atoms with E-state index in [0.29, 0.717) is 18.0 Å². The maximum atomic E-state index is 4.35. The van der Waals surface area contributed by atoms with Crippen LogP contribution in [-0.4, -0.2) is 39.0 Å². The van der Waals surface area contributed by atoms with Gasteiger partial charge in [-0.25, -0.2) is 4.68 Å². The smallest absolute Gasteiger partial charge is 0.0864 e. The molecule has 2 unspecified atom stereocenters. The van der Waals surface area contributed by atoms with Gasteiger partial charge in [0.05, 0.1) is 5.69 Å². The normalized spacial score (nSPS) is 32.5. The third-order valence-corrected chi connectivity index (χ3v) is 4.35. The molecule has 4 nitrogen and oxygen atoms in total. The number of hydrogen-bond donors (Lipinski definition) is 0. The molecule has 1 saturated heterocycles. The lowest BCUT2D eigenvalue weighted by Crippen LogP contribution is -2.31. The van der Waals surface area contributed by atoms with Crippen molar-refractivity contribution in [2.45, 2.75) is 45.7 Å². The van der Waals surface area contributed by atoms with Gasteiger partial charge >= 0.3 is 0 Å². The summed E-state index contributed by atoms with van der Waals surface area (Å²) in [7, 11) is 0. The minimum absolute atomic E-state index is 0.419. The fraction of sp³-hybridized carbons (Fsp3) is 0.846. The van der Waals surface area contributed by atoms with Crippen LogP contribution in [0, 0.1) is 11.8 Å². The van der Waals surface area contributed by atoms with E-state index in [1.165, 1.54) is 18.8 Å². The molecule has 0 N–H and O–H groups in total. The molecule has 0 spiro atoms. The second kappa shape index (κ2) is 3.80. The van der Waals surface area contributed by atoms with Gasteiger partial charge in [0.1, 0.15) is 0 Å². The Balaban J connectivity index is 1.66. The van der Waals surface area contributed by atoms with Crippen LogP contribution in [0.1, 0.15) is 45.3 Å². The molecule has 0 bridgehead atoms. The molecule has 2 heterocycles. The molecule has 2 aliphatic rings. The Hall–Kier alpha value is -0.900. The highest BCUT2D eigenvalue weighted by Crippen LogP contribution is 2.57. The Kier molecular flexibility index (Phi) is 2.51. The summed E-state index contributed by atoms with van der Waals surface area (Å²) in [5.74, 6) is 2.38. The molecule has 1 aliphatic carbocycles. The molecule has 17 heavy (non-hydrogen) atoms. The van der Waals surface area contributed by atoms with E-state index >= 15 is 0 Å². The number of fused-ring (bicyclic) bond motifs is 1. The SMILES string of the molecule is CC(C)N1CC2C(C1)C2c1cn(C(C)C)nn1. The quantitative estimate of drug-likeness (QED) is 0.801. The monoisotopic (exact) mass is 234 g/mol. The Morgan fingerprint density at radius 1 is 1.12 bits per heavy atom. The third-order valence-electron chi connectivity index (χ3n) is 4.35. The molecule has 4 heteroatoms. The van der Waals surface area contributed by atoms with Crippen LogP contribution in [-0.2, 0) is 0 Å².